The Morgan fingerprint density at radius 2 is 2.10 bits per heavy atom. The Labute approximate surface area is 132 Å². The summed E-state index contributed by atoms with van der Waals surface area (Å²) < 4.78 is 5.29. The smallest absolute Gasteiger partial charge is 0.259 e. The highest BCUT2D eigenvalue weighted by atomic mass is 35.5. The molecule has 1 unspecified atom stereocenters. The van der Waals surface area contributed by atoms with Crippen molar-refractivity contribution >= 4 is 35.0 Å². The minimum atomic E-state index is 0.280. The van der Waals surface area contributed by atoms with Crippen LogP contribution in [0.4, 0.5) is 0 Å². The Morgan fingerprint density at radius 3 is 2.75 bits per heavy atom. The molecule has 0 amide bonds. The first-order valence-corrected chi connectivity index (χ1v) is 8.06. The second-order valence-electron chi connectivity index (χ2n) is 4.38. The van der Waals surface area contributed by atoms with Crippen LogP contribution in [-0.2, 0) is 6.42 Å². The lowest BCUT2D eigenvalue weighted by molar-refractivity contribution is 0.418. The van der Waals surface area contributed by atoms with Crippen molar-refractivity contribution in [2.24, 2.45) is 0 Å². The van der Waals surface area contributed by atoms with Gasteiger partial charge in [0.25, 0.3) is 5.89 Å². The fourth-order valence-corrected chi connectivity index (χ4v) is 2.86. The van der Waals surface area contributed by atoms with Crippen LogP contribution in [-0.4, -0.2) is 29.5 Å². The van der Waals surface area contributed by atoms with Crippen LogP contribution < -0.4 is 5.32 Å². The van der Waals surface area contributed by atoms with Gasteiger partial charge in [0.2, 0.25) is 0 Å². The van der Waals surface area contributed by atoms with E-state index in [4.69, 9.17) is 27.7 Å². The molecule has 2 rings (SSSR count). The third kappa shape index (κ3) is 3.47. The Kier molecular flexibility index (Phi) is 5.32. The van der Waals surface area contributed by atoms with Gasteiger partial charge in [0.05, 0.1) is 15.6 Å². The van der Waals surface area contributed by atoms with E-state index in [1.807, 2.05) is 19.4 Å². The van der Waals surface area contributed by atoms with Crippen molar-refractivity contribution in [3.63, 3.8) is 0 Å². The maximum Gasteiger partial charge on any atom is 0.259 e. The number of hydrogen-bond acceptors (Lipinski definition) is 5. The molecule has 0 aliphatic heterocycles. The molecule has 4 nitrogen and oxygen atoms in total. The molecule has 20 heavy (non-hydrogen) atoms. The zero-order valence-electron chi connectivity index (χ0n) is 11.4. The largest absolute Gasteiger partial charge is 0.334 e. The van der Waals surface area contributed by atoms with E-state index >= 15 is 0 Å². The summed E-state index contributed by atoms with van der Waals surface area (Å²) in [5, 5.41) is 8.23. The number of nitrogens with zero attached hydrogens (tertiary/aromatic N) is 2. The Morgan fingerprint density at radius 1 is 1.35 bits per heavy atom. The van der Waals surface area contributed by atoms with Gasteiger partial charge in [-0.3, -0.25) is 0 Å². The van der Waals surface area contributed by atoms with Gasteiger partial charge in [0, 0.05) is 17.4 Å². The van der Waals surface area contributed by atoms with Crippen LogP contribution in [0.25, 0.3) is 11.5 Å². The number of halogens is 2. The molecule has 0 aliphatic rings. The van der Waals surface area contributed by atoms with E-state index in [9.17, 15) is 0 Å². The minimum absolute atomic E-state index is 0.280. The number of benzene rings is 1. The van der Waals surface area contributed by atoms with Crippen molar-refractivity contribution in [3.05, 3.63) is 28.0 Å². The van der Waals surface area contributed by atoms with Gasteiger partial charge in [-0.05, 0) is 32.4 Å². The fourth-order valence-electron chi connectivity index (χ4n) is 1.67. The summed E-state index contributed by atoms with van der Waals surface area (Å²) in [5.41, 5.74) is 0.705. The highest BCUT2D eigenvalue weighted by Crippen LogP contribution is 2.35. The average molecular weight is 332 g/mol. The van der Waals surface area contributed by atoms with E-state index < -0.39 is 0 Å². The van der Waals surface area contributed by atoms with E-state index in [1.54, 1.807) is 17.8 Å². The Hall–Kier alpha value is -0.750. The van der Waals surface area contributed by atoms with Crippen molar-refractivity contribution in [2.75, 3.05) is 13.3 Å². The van der Waals surface area contributed by atoms with Crippen molar-refractivity contribution in [1.29, 1.82) is 0 Å². The maximum atomic E-state index is 6.20. The number of nitrogens with one attached hydrogen (secondary N) is 1. The summed E-state index contributed by atoms with van der Waals surface area (Å²) in [6.45, 7) is 2.05. The molecule has 1 heterocycles. The molecule has 7 heteroatoms. The molecular formula is C13H15Cl2N3OS. The number of thioether (sulfide) groups is 1. The first-order valence-electron chi connectivity index (χ1n) is 6.08. The second-order valence-corrected chi connectivity index (χ2v) is 6.04. The summed E-state index contributed by atoms with van der Waals surface area (Å²) in [6.07, 6.45) is 2.65. The van der Waals surface area contributed by atoms with Crippen molar-refractivity contribution in [1.82, 2.24) is 15.5 Å². The van der Waals surface area contributed by atoms with Crippen LogP contribution in [0.2, 0.25) is 10.0 Å². The number of rotatable bonds is 5. The number of hydrogen-bond donors (Lipinski definition) is 1. The normalized spacial score (nSPS) is 12.7. The molecule has 0 saturated heterocycles. The van der Waals surface area contributed by atoms with Crippen molar-refractivity contribution < 1.29 is 4.52 Å². The average Bonchev–Trinajstić information content (AvgIpc) is 2.87. The molecule has 0 spiro atoms. The van der Waals surface area contributed by atoms with E-state index in [2.05, 4.69) is 22.4 Å². The molecule has 1 atom stereocenters. The molecule has 0 aliphatic carbocycles. The van der Waals surface area contributed by atoms with Gasteiger partial charge in [-0.25, -0.2) is 0 Å². The fraction of sp³-hybridized carbons (Fsp3) is 0.385. The highest BCUT2D eigenvalue weighted by molar-refractivity contribution is 7.98. The van der Waals surface area contributed by atoms with Gasteiger partial charge in [0.1, 0.15) is 0 Å². The van der Waals surface area contributed by atoms with Gasteiger partial charge in [-0.1, -0.05) is 28.4 Å². The highest BCUT2D eigenvalue weighted by Gasteiger charge is 2.16. The van der Waals surface area contributed by atoms with Gasteiger partial charge in [0.15, 0.2) is 5.82 Å². The van der Waals surface area contributed by atoms with Crippen LogP contribution in [0.3, 0.4) is 0 Å². The Balaban J connectivity index is 2.32. The van der Waals surface area contributed by atoms with Gasteiger partial charge in [-0.15, -0.1) is 11.8 Å². The first-order chi connectivity index (χ1) is 9.55. The zero-order valence-corrected chi connectivity index (χ0v) is 13.7. The zero-order chi connectivity index (χ0) is 14.7. The molecule has 1 N–H and O–H groups in total. The molecule has 108 valence electrons. The summed E-state index contributed by atoms with van der Waals surface area (Å²) in [4.78, 5) is 5.31. The molecule has 1 aromatic carbocycles. The van der Waals surface area contributed by atoms with E-state index in [0.29, 0.717) is 33.7 Å². The van der Waals surface area contributed by atoms with Crippen molar-refractivity contribution in [2.45, 2.75) is 24.3 Å². The van der Waals surface area contributed by atoms with Crippen LogP contribution in [0, 0.1) is 0 Å². The minimum Gasteiger partial charge on any atom is -0.334 e. The maximum absolute atomic E-state index is 6.20. The molecule has 2 aromatic rings. The molecule has 0 bridgehead atoms. The lowest BCUT2D eigenvalue weighted by atomic mass is 10.2. The SMILES string of the molecule is CNC(C)Cc1noc(-c2cc(SC)c(Cl)cc2Cl)n1. The number of aromatic nitrogens is 2. The third-order valence-corrected chi connectivity index (χ3v) is 4.44. The summed E-state index contributed by atoms with van der Waals surface area (Å²) in [5.74, 6) is 1.07. The van der Waals surface area contributed by atoms with E-state index in [1.165, 1.54) is 0 Å². The summed E-state index contributed by atoms with van der Waals surface area (Å²) >= 11 is 13.8. The standard InChI is InChI=1S/C13H15Cl2N3OS/c1-7(16-2)4-12-17-13(19-18-12)8-5-11(20-3)10(15)6-9(8)14/h5-7,16H,4H2,1-3H3. The molecule has 1 aromatic heterocycles. The molecular weight excluding hydrogens is 317 g/mol. The second kappa shape index (κ2) is 6.80. The number of likely N-dealkylation sites (N-methyl/N-ethyl adjacent to an activating group) is 1. The van der Waals surface area contributed by atoms with Crippen LogP contribution in [0.1, 0.15) is 12.7 Å². The molecule has 0 fully saturated rings. The predicted octanol–water partition coefficient (Wildman–Crippen LogP) is 3.92. The lowest BCUT2D eigenvalue weighted by Crippen LogP contribution is -2.24. The van der Waals surface area contributed by atoms with E-state index in [-0.39, 0.29) is 6.04 Å². The topological polar surface area (TPSA) is 51.0 Å². The lowest BCUT2D eigenvalue weighted by Gasteiger charge is -2.05. The van der Waals surface area contributed by atoms with E-state index in [0.717, 1.165) is 4.90 Å². The van der Waals surface area contributed by atoms with Crippen LogP contribution in [0.15, 0.2) is 21.6 Å². The van der Waals surface area contributed by atoms with Crippen LogP contribution >= 0.6 is 35.0 Å². The van der Waals surface area contributed by atoms with Gasteiger partial charge >= 0.3 is 0 Å². The first kappa shape index (κ1) is 15.6. The van der Waals surface area contributed by atoms with Crippen LogP contribution in [0.5, 0.6) is 0 Å². The van der Waals surface area contributed by atoms with Crippen molar-refractivity contribution in [3.8, 4) is 11.5 Å². The quantitative estimate of drug-likeness (QED) is 0.841. The summed E-state index contributed by atoms with van der Waals surface area (Å²) in [6, 6.07) is 3.85. The predicted molar refractivity (Wildman–Crippen MR) is 83.8 cm³/mol. The third-order valence-electron chi connectivity index (χ3n) is 2.92. The Bertz CT molecular complexity index is 603. The summed E-state index contributed by atoms with van der Waals surface area (Å²) in [7, 11) is 1.90. The molecule has 0 radical (unpaired) electrons. The van der Waals surface area contributed by atoms with Gasteiger partial charge in [-0.2, -0.15) is 4.98 Å². The van der Waals surface area contributed by atoms with Gasteiger partial charge < -0.3 is 9.84 Å². The monoisotopic (exact) mass is 331 g/mol. The molecule has 0 saturated carbocycles.